The molecule has 0 aromatic heterocycles. The summed E-state index contributed by atoms with van der Waals surface area (Å²) in [6, 6.07) is 0.731. The summed E-state index contributed by atoms with van der Waals surface area (Å²) in [5.74, 6) is 0. The van der Waals surface area contributed by atoms with Crippen molar-refractivity contribution in [1.82, 2.24) is 4.90 Å². The molecule has 88 valence electrons. The van der Waals surface area contributed by atoms with Crippen molar-refractivity contribution in [3.05, 3.63) is 0 Å². The van der Waals surface area contributed by atoms with Crippen LogP contribution in [0, 0.1) is 10.8 Å². The summed E-state index contributed by atoms with van der Waals surface area (Å²) in [5, 5.41) is 0. The Balaban J connectivity index is 1.90. The normalized spacial score (nSPS) is 28.8. The van der Waals surface area contributed by atoms with Gasteiger partial charge in [0.15, 0.2) is 0 Å². The standard InChI is InChI=1S/C13H25NO/c1-12(2,3)13(4)5-7-14(8-6-13)11-9-15-10-11/h11H,5-10H2,1-4H3. The van der Waals surface area contributed by atoms with E-state index in [1.165, 1.54) is 25.9 Å². The van der Waals surface area contributed by atoms with Crippen molar-refractivity contribution < 1.29 is 4.74 Å². The number of hydrogen-bond acceptors (Lipinski definition) is 2. The first kappa shape index (κ1) is 11.4. The fourth-order valence-corrected chi connectivity index (χ4v) is 2.57. The third-order valence-electron chi connectivity index (χ3n) is 4.85. The summed E-state index contributed by atoms with van der Waals surface area (Å²) >= 11 is 0. The number of rotatable bonds is 1. The molecule has 0 spiro atoms. The van der Waals surface area contributed by atoms with E-state index in [1.54, 1.807) is 0 Å². The van der Waals surface area contributed by atoms with Gasteiger partial charge in [0.1, 0.15) is 0 Å². The lowest BCUT2D eigenvalue weighted by molar-refractivity contribution is -0.0908. The Labute approximate surface area is 94.0 Å². The first-order valence-electron chi connectivity index (χ1n) is 6.24. The molecular weight excluding hydrogens is 186 g/mol. The number of nitrogens with zero attached hydrogens (tertiary/aromatic N) is 1. The molecule has 2 aliphatic heterocycles. The summed E-state index contributed by atoms with van der Waals surface area (Å²) in [6.07, 6.45) is 2.68. The molecule has 2 heterocycles. The molecule has 2 nitrogen and oxygen atoms in total. The summed E-state index contributed by atoms with van der Waals surface area (Å²) in [6.45, 7) is 14.1. The minimum absolute atomic E-state index is 0.440. The van der Waals surface area contributed by atoms with Gasteiger partial charge in [-0.3, -0.25) is 4.90 Å². The zero-order chi connectivity index (χ0) is 11.1. The SMILES string of the molecule is CC(C)(C)C1(C)CCN(C2COC2)CC1. The molecule has 0 radical (unpaired) electrons. The van der Waals surface area contributed by atoms with E-state index in [9.17, 15) is 0 Å². The van der Waals surface area contributed by atoms with Crippen LogP contribution in [0.3, 0.4) is 0 Å². The lowest BCUT2D eigenvalue weighted by Crippen LogP contribution is -2.54. The topological polar surface area (TPSA) is 12.5 Å². The van der Waals surface area contributed by atoms with Crippen LogP contribution in [-0.4, -0.2) is 37.2 Å². The van der Waals surface area contributed by atoms with Gasteiger partial charge in [-0.05, 0) is 36.8 Å². The highest BCUT2D eigenvalue weighted by molar-refractivity contribution is 4.93. The van der Waals surface area contributed by atoms with Crippen LogP contribution in [0.15, 0.2) is 0 Å². The second kappa shape index (κ2) is 3.74. The van der Waals surface area contributed by atoms with Gasteiger partial charge >= 0.3 is 0 Å². The third kappa shape index (κ3) is 2.07. The second-order valence-corrected chi connectivity index (χ2v) is 6.54. The molecular formula is C13H25NO. The summed E-state index contributed by atoms with van der Waals surface area (Å²) in [5.41, 5.74) is 0.962. The summed E-state index contributed by atoms with van der Waals surface area (Å²) < 4.78 is 5.27. The van der Waals surface area contributed by atoms with Crippen LogP contribution in [0.2, 0.25) is 0 Å². The molecule has 0 aromatic rings. The predicted molar refractivity (Wildman–Crippen MR) is 63.0 cm³/mol. The van der Waals surface area contributed by atoms with E-state index in [0.717, 1.165) is 19.3 Å². The Morgan fingerprint density at radius 2 is 1.67 bits per heavy atom. The molecule has 0 atom stereocenters. The predicted octanol–water partition coefficient (Wildman–Crippen LogP) is 2.53. The molecule has 15 heavy (non-hydrogen) atoms. The van der Waals surface area contributed by atoms with Crippen LogP contribution in [0.1, 0.15) is 40.5 Å². The van der Waals surface area contributed by atoms with Crippen LogP contribution in [-0.2, 0) is 4.74 Å². The summed E-state index contributed by atoms with van der Waals surface area (Å²) in [7, 11) is 0. The smallest absolute Gasteiger partial charge is 0.0645 e. The van der Waals surface area contributed by atoms with Crippen LogP contribution >= 0.6 is 0 Å². The Hall–Kier alpha value is -0.0800. The first-order valence-corrected chi connectivity index (χ1v) is 6.24. The maximum Gasteiger partial charge on any atom is 0.0645 e. The molecule has 0 bridgehead atoms. The molecule has 2 fully saturated rings. The number of likely N-dealkylation sites (tertiary alicyclic amines) is 1. The highest BCUT2D eigenvalue weighted by Gasteiger charge is 2.41. The van der Waals surface area contributed by atoms with Crippen molar-refractivity contribution in [2.75, 3.05) is 26.3 Å². The molecule has 0 unspecified atom stereocenters. The van der Waals surface area contributed by atoms with Gasteiger partial charge in [0, 0.05) is 0 Å². The van der Waals surface area contributed by atoms with E-state index in [-0.39, 0.29) is 0 Å². The van der Waals surface area contributed by atoms with Gasteiger partial charge in [0.25, 0.3) is 0 Å². The van der Waals surface area contributed by atoms with Crippen molar-refractivity contribution in [3.8, 4) is 0 Å². The Morgan fingerprint density at radius 3 is 2.00 bits per heavy atom. The maximum absolute atomic E-state index is 5.27. The Kier molecular flexibility index (Phi) is 2.85. The molecule has 2 saturated heterocycles. The van der Waals surface area contributed by atoms with Gasteiger partial charge in [-0.1, -0.05) is 27.7 Å². The summed E-state index contributed by atoms with van der Waals surface area (Å²) in [4.78, 5) is 2.62. The first-order chi connectivity index (χ1) is 6.92. The van der Waals surface area contributed by atoms with Gasteiger partial charge in [0.2, 0.25) is 0 Å². The fourth-order valence-electron chi connectivity index (χ4n) is 2.57. The van der Waals surface area contributed by atoms with Gasteiger partial charge in [-0.2, -0.15) is 0 Å². The second-order valence-electron chi connectivity index (χ2n) is 6.54. The zero-order valence-electron chi connectivity index (χ0n) is 10.7. The van der Waals surface area contributed by atoms with Crippen LogP contribution in [0.25, 0.3) is 0 Å². The molecule has 0 N–H and O–H groups in total. The van der Waals surface area contributed by atoms with Crippen molar-refractivity contribution in [2.24, 2.45) is 10.8 Å². The Bertz CT molecular complexity index is 219. The van der Waals surface area contributed by atoms with Crippen LogP contribution < -0.4 is 0 Å². The monoisotopic (exact) mass is 211 g/mol. The van der Waals surface area contributed by atoms with E-state index in [0.29, 0.717) is 10.8 Å². The van der Waals surface area contributed by atoms with Crippen molar-refractivity contribution in [2.45, 2.75) is 46.6 Å². The minimum Gasteiger partial charge on any atom is -0.378 e. The molecule has 0 aliphatic carbocycles. The molecule has 0 amide bonds. The molecule has 2 aliphatic rings. The van der Waals surface area contributed by atoms with E-state index in [4.69, 9.17) is 4.74 Å². The van der Waals surface area contributed by atoms with Crippen molar-refractivity contribution in [1.29, 1.82) is 0 Å². The molecule has 2 rings (SSSR count). The number of ether oxygens (including phenoxy) is 1. The average Bonchev–Trinajstić information content (AvgIpc) is 2.04. The molecule has 2 heteroatoms. The molecule has 0 aromatic carbocycles. The Morgan fingerprint density at radius 1 is 1.13 bits per heavy atom. The number of piperidine rings is 1. The highest BCUT2D eigenvalue weighted by Crippen LogP contribution is 2.46. The third-order valence-corrected chi connectivity index (χ3v) is 4.85. The largest absolute Gasteiger partial charge is 0.378 e. The average molecular weight is 211 g/mol. The lowest BCUT2D eigenvalue weighted by atomic mass is 9.63. The van der Waals surface area contributed by atoms with E-state index in [2.05, 4.69) is 32.6 Å². The minimum atomic E-state index is 0.440. The van der Waals surface area contributed by atoms with Crippen LogP contribution in [0.4, 0.5) is 0 Å². The maximum atomic E-state index is 5.27. The van der Waals surface area contributed by atoms with Gasteiger partial charge in [-0.15, -0.1) is 0 Å². The van der Waals surface area contributed by atoms with Gasteiger partial charge in [0.05, 0.1) is 19.3 Å². The highest BCUT2D eigenvalue weighted by atomic mass is 16.5. The number of hydrogen-bond donors (Lipinski definition) is 0. The van der Waals surface area contributed by atoms with Crippen molar-refractivity contribution >= 4 is 0 Å². The quantitative estimate of drug-likeness (QED) is 0.661. The van der Waals surface area contributed by atoms with E-state index in [1.807, 2.05) is 0 Å². The molecule has 0 saturated carbocycles. The van der Waals surface area contributed by atoms with E-state index >= 15 is 0 Å². The zero-order valence-corrected chi connectivity index (χ0v) is 10.7. The fraction of sp³-hybridized carbons (Fsp3) is 1.00. The van der Waals surface area contributed by atoms with E-state index < -0.39 is 0 Å². The lowest BCUT2D eigenvalue weighted by Gasteiger charge is -2.50. The van der Waals surface area contributed by atoms with Gasteiger partial charge < -0.3 is 4.74 Å². The van der Waals surface area contributed by atoms with Crippen molar-refractivity contribution in [3.63, 3.8) is 0 Å². The van der Waals surface area contributed by atoms with Gasteiger partial charge in [-0.25, -0.2) is 0 Å². The van der Waals surface area contributed by atoms with Crippen LogP contribution in [0.5, 0.6) is 0 Å².